The highest BCUT2D eigenvalue weighted by molar-refractivity contribution is 5.75. The van der Waals surface area contributed by atoms with Gasteiger partial charge in [0.25, 0.3) is 0 Å². The Balaban J connectivity index is 2.50. The van der Waals surface area contributed by atoms with Crippen molar-refractivity contribution in [2.45, 2.75) is 19.4 Å². The Morgan fingerprint density at radius 1 is 1.53 bits per heavy atom. The smallest absolute Gasteiger partial charge is 0.322 e. The van der Waals surface area contributed by atoms with Crippen molar-refractivity contribution in [3.05, 3.63) is 29.8 Å². The number of methoxy groups -OCH3 is 1. The van der Waals surface area contributed by atoms with Crippen molar-refractivity contribution in [2.24, 2.45) is 5.73 Å². The van der Waals surface area contributed by atoms with E-state index in [9.17, 15) is 4.79 Å². The van der Waals surface area contributed by atoms with Crippen LogP contribution in [0.3, 0.4) is 0 Å². The predicted octanol–water partition coefficient (Wildman–Crippen LogP) is 1.32. The highest BCUT2D eigenvalue weighted by Crippen LogP contribution is 2.14. The summed E-state index contributed by atoms with van der Waals surface area (Å²) in [6, 6.07) is 7.66. The summed E-state index contributed by atoms with van der Waals surface area (Å²) < 4.78 is 4.59. The van der Waals surface area contributed by atoms with Crippen LogP contribution in [0, 0.1) is 6.92 Å². The Kier molecular flexibility index (Phi) is 4.97. The van der Waals surface area contributed by atoms with Crippen LogP contribution in [0.5, 0.6) is 0 Å². The first-order chi connectivity index (χ1) is 8.04. The van der Waals surface area contributed by atoms with Crippen molar-refractivity contribution < 1.29 is 9.53 Å². The standard InChI is InChI=1S/C13H20N2O2/c1-10-5-4-6-11(9-10)15(2)8-7-12(14)13(16)17-3/h4-6,9,12H,7-8,14H2,1-3H3. The number of carbonyl (C=O) groups is 1. The molecule has 1 rings (SSSR count). The number of benzene rings is 1. The molecule has 0 amide bonds. The first kappa shape index (κ1) is 13.5. The fourth-order valence-electron chi connectivity index (χ4n) is 1.60. The summed E-state index contributed by atoms with van der Waals surface area (Å²) in [4.78, 5) is 13.2. The van der Waals surface area contributed by atoms with E-state index in [2.05, 4.69) is 28.7 Å². The largest absolute Gasteiger partial charge is 0.468 e. The topological polar surface area (TPSA) is 55.6 Å². The molecule has 0 heterocycles. The Morgan fingerprint density at radius 3 is 2.82 bits per heavy atom. The lowest BCUT2D eigenvalue weighted by molar-refractivity contribution is -0.142. The van der Waals surface area contributed by atoms with E-state index >= 15 is 0 Å². The number of esters is 1. The summed E-state index contributed by atoms with van der Waals surface area (Å²) in [6.45, 7) is 2.78. The van der Waals surface area contributed by atoms with Crippen LogP contribution in [0.1, 0.15) is 12.0 Å². The second-order valence-electron chi connectivity index (χ2n) is 4.18. The Morgan fingerprint density at radius 2 is 2.24 bits per heavy atom. The van der Waals surface area contributed by atoms with Crippen LogP contribution in [-0.4, -0.2) is 32.7 Å². The van der Waals surface area contributed by atoms with Gasteiger partial charge in [0.15, 0.2) is 0 Å². The first-order valence-electron chi connectivity index (χ1n) is 5.66. The monoisotopic (exact) mass is 236 g/mol. The minimum absolute atomic E-state index is 0.359. The van der Waals surface area contributed by atoms with Gasteiger partial charge in [0.1, 0.15) is 6.04 Å². The van der Waals surface area contributed by atoms with E-state index in [1.807, 2.05) is 19.2 Å². The number of hydrogen-bond acceptors (Lipinski definition) is 4. The molecule has 0 aromatic heterocycles. The lowest BCUT2D eigenvalue weighted by Gasteiger charge is -2.21. The van der Waals surface area contributed by atoms with E-state index < -0.39 is 6.04 Å². The maximum atomic E-state index is 11.1. The number of rotatable bonds is 5. The van der Waals surface area contributed by atoms with Crippen LogP contribution < -0.4 is 10.6 Å². The molecule has 4 nitrogen and oxygen atoms in total. The Hall–Kier alpha value is -1.55. The molecule has 94 valence electrons. The van der Waals surface area contributed by atoms with Gasteiger partial charge in [0.2, 0.25) is 0 Å². The molecule has 4 heteroatoms. The van der Waals surface area contributed by atoms with Gasteiger partial charge in [-0.2, -0.15) is 0 Å². The number of nitrogens with two attached hydrogens (primary N) is 1. The van der Waals surface area contributed by atoms with E-state index in [4.69, 9.17) is 5.73 Å². The predicted molar refractivity (Wildman–Crippen MR) is 69.1 cm³/mol. The molecule has 0 aliphatic rings. The van der Waals surface area contributed by atoms with Crippen molar-refractivity contribution in [3.63, 3.8) is 0 Å². The van der Waals surface area contributed by atoms with Crippen LogP contribution in [-0.2, 0) is 9.53 Å². The van der Waals surface area contributed by atoms with Gasteiger partial charge >= 0.3 is 5.97 Å². The van der Waals surface area contributed by atoms with Crippen molar-refractivity contribution in [1.29, 1.82) is 0 Å². The zero-order valence-electron chi connectivity index (χ0n) is 10.6. The van der Waals surface area contributed by atoms with Gasteiger partial charge in [-0.1, -0.05) is 12.1 Å². The van der Waals surface area contributed by atoms with Crippen molar-refractivity contribution in [1.82, 2.24) is 0 Å². The zero-order chi connectivity index (χ0) is 12.8. The maximum absolute atomic E-state index is 11.1. The summed E-state index contributed by atoms with van der Waals surface area (Å²) in [5.74, 6) is -0.359. The van der Waals surface area contributed by atoms with Crippen LogP contribution in [0.15, 0.2) is 24.3 Å². The van der Waals surface area contributed by atoms with Crippen LogP contribution in [0.2, 0.25) is 0 Å². The summed E-state index contributed by atoms with van der Waals surface area (Å²) >= 11 is 0. The summed E-state index contributed by atoms with van der Waals surface area (Å²) in [7, 11) is 3.34. The summed E-state index contributed by atoms with van der Waals surface area (Å²) in [5.41, 5.74) is 8.02. The van der Waals surface area contributed by atoms with E-state index in [0.717, 1.165) is 12.2 Å². The Bertz CT molecular complexity index is 379. The number of carbonyl (C=O) groups excluding carboxylic acids is 1. The average molecular weight is 236 g/mol. The molecule has 0 aliphatic carbocycles. The molecule has 1 unspecified atom stereocenters. The molecule has 0 fully saturated rings. The van der Waals surface area contributed by atoms with E-state index in [-0.39, 0.29) is 5.97 Å². The number of anilines is 1. The average Bonchev–Trinajstić information content (AvgIpc) is 2.34. The fraction of sp³-hybridized carbons (Fsp3) is 0.462. The van der Waals surface area contributed by atoms with Gasteiger partial charge in [0, 0.05) is 19.3 Å². The number of hydrogen-bond donors (Lipinski definition) is 1. The van der Waals surface area contributed by atoms with Crippen molar-refractivity contribution in [3.8, 4) is 0 Å². The van der Waals surface area contributed by atoms with Gasteiger partial charge in [0.05, 0.1) is 7.11 Å². The second-order valence-corrected chi connectivity index (χ2v) is 4.18. The molecule has 1 aromatic rings. The molecule has 0 saturated carbocycles. The van der Waals surface area contributed by atoms with Gasteiger partial charge in [-0.05, 0) is 31.0 Å². The van der Waals surface area contributed by atoms with Crippen molar-refractivity contribution >= 4 is 11.7 Å². The number of nitrogens with zero attached hydrogens (tertiary/aromatic N) is 1. The molecule has 1 atom stereocenters. The second kappa shape index (κ2) is 6.25. The lowest BCUT2D eigenvalue weighted by Crippen LogP contribution is -2.35. The molecule has 2 N–H and O–H groups in total. The van der Waals surface area contributed by atoms with Gasteiger partial charge < -0.3 is 15.4 Å². The SMILES string of the molecule is COC(=O)C(N)CCN(C)c1cccc(C)c1. The quantitative estimate of drug-likeness (QED) is 0.783. The van der Waals surface area contributed by atoms with Crippen LogP contribution >= 0.6 is 0 Å². The van der Waals surface area contributed by atoms with Crippen LogP contribution in [0.4, 0.5) is 5.69 Å². The summed E-state index contributed by atoms with van der Waals surface area (Å²) in [5, 5.41) is 0. The molecule has 1 aromatic carbocycles. The fourth-order valence-corrected chi connectivity index (χ4v) is 1.60. The minimum Gasteiger partial charge on any atom is -0.468 e. The molecule has 17 heavy (non-hydrogen) atoms. The molecule has 0 saturated heterocycles. The van der Waals surface area contributed by atoms with Gasteiger partial charge in [-0.3, -0.25) is 4.79 Å². The molecular weight excluding hydrogens is 216 g/mol. The van der Waals surface area contributed by atoms with E-state index in [1.54, 1.807) is 0 Å². The third-order valence-corrected chi connectivity index (χ3v) is 2.72. The molecule has 0 aliphatic heterocycles. The Labute approximate surface area is 102 Å². The highest BCUT2D eigenvalue weighted by atomic mass is 16.5. The van der Waals surface area contributed by atoms with E-state index in [0.29, 0.717) is 6.42 Å². The lowest BCUT2D eigenvalue weighted by atomic mass is 10.2. The molecule has 0 spiro atoms. The zero-order valence-corrected chi connectivity index (χ0v) is 10.6. The van der Waals surface area contributed by atoms with E-state index in [1.165, 1.54) is 12.7 Å². The molecule has 0 radical (unpaired) electrons. The maximum Gasteiger partial charge on any atom is 0.322 e. The first-order valence-corrected chi connectivity index (χ1v) is 5.66. The number of ether oxygens (including phenoxy) is 1. The minimum atomic E-state index is -0.549. The van der Waals surface area contributed by atoms with Gasteiger partial charge in [-0.15, -0.1) is 0 Å². The van der Waals surface area contributed by atoms with Gasteiger partial charge in [-0.25, -0.2) is 0 Å². The molecule has 0 bridgehead atoms. The number of aryl methyl sites for hydroxylation is 1. The summed E-state index contributed by atoms with van der Waals surface area (Å²) in [6.07, 6.45) is 0.580. The molecular formula is C13H20N2O2. The third-order valence-electron chi connectivity index (χ3n) is 2.72. The van der Waals surface area contributed by atoms with Crippen molar-refractivity contribution in [2.75, 3.05) is 25.6 Å². The third kappa shape index (κ3) is 4.07. The highest BCUT2D eigenvalue weighted by Gasteiger charge is 2.14. The van der Waals surface area contributed by atoms with Crippen LogP contribution in [0.25, 0.3) is 0 Å². The normalized spacial score (nSPS) is 12.0.